The van der Waals surface area contributed by atoms with Gasteiger partial charge in [0.1, 0.15) is 11.9 Å². The van der Waals surface area contributed by atoms with Gasteiger partial charge in [0.25, 0.3) is 0 Å². The first-order valence-electron chi connectivity index (χ1n) is 12.8. The number of hydrogen-bond donors (Lipinski definition) is 0. The number of anilines is 3. The minimum absolute atomic E-state index is 0.0258. The molecule has 0 bridgehead atoms. The highest BCUT2D eigenvalue weighted by Crippen LogP contribution is 2.43. The van der Waals surface area contributed by atoms with Gasteiger partial charge < -0.3 is 14.7 Å². The molecule has 3 atom stereocenters. The van der Waals surface area contributed by atoms with Crippen LogP contribution in [0.1, 0.15) is 36.9 Å². The summed E-state index contributed by atoms with van der Waals surface area (Å²) in [5.74, 6) is -1.40. The minimum atomic E-state index is -4.61. The first kappa shape index (κ1) is 26.7. The highest BCUT2D eigenvalue weighted by atomic mass is 35.5. The Kier molecular flexibility index (Phi) is 7.06. The molecule has 2 saturated heterocycles. The summed E-state index contributed by atoms with van der Waals surface area (Å²) in [5, 5.41) is 0.510. The number of halogens is 4. The molecular weight excluding hydrogens is 519 g/mol. The van der Waals surface area contributed by atoms with Gasteiger partial charge in [-0.15, -0.1) is 0 Å². The Hall–Kier alpha value is -2.85. The normalized spacial score (nSPS) is 24.8. The van der Waals surface area contributed by atoms with Crippen LogP contribution >= 0.6 is 11.6 Å². The Morgan fingerprint density at radius 1 is 1.13 bits per heavy atom. The molecular formula is C27H31ClF3N5O2. The molecule has 11 heteroatoms. The molecule has 0 radical (unpaired) electrons. The summed E-state index contributed by atoms with van der Waals surface area (Å²) < 4.78 is 40.8. The number of nitrogens with zero attached hydrogens (tertiary/aromatic N) is 5. The Morgan fingerprint density at radius 2 is 1.89 bits per heavy atom. The number of likely N-dealkylation sites (tertiary alicyclic amines) is 1. The number of alkyl halides is 3. The second-order valence-electron chi connectivity index (χ2n) is 10.6. The van der Waals surface area contributed by atoms with E-state index in [-0.39, 0.29) is 29.9 Å². The van der Waals surface area contributed by atoms with E-state index >= 15 is 0 Å². The average Bonchev–Trinajstić information content (AvgIpc) is 3.17. The standard InChI is InChI=1S/C27H31ClF3N5O2/c1-16-11-18(27(29,30)31)13-22(32-16)36-23(37)12-17-14-35(15-19-7-4-5-10-33(19)2)25-20(28)8-6-9-21(25)34(3)26(38)24(17)36/h6,8-9,11,13,17,19,24H,4-5,7,10,12,14-15H2,1-3H3/t17-,19-,24+/m1/s1. The van der Waals surface area contributed by atoms with Crippen LogP contribution in [0.2, 0.25) is 5.02 Å². The highest BCUT2D eigenvalue weighted by Gasteiger charge is 2.49. The third-order valence-corrected chi connectivity index (χ3v) is 8.28. The van der Waals surface area contributed by atoms with Crippen molar-refractivity contribution in [1.29, 1.82) is 0 Å². The summed E-state index contributed by atoms with van der Waals surface area (Å²) in [6.07, 6.45) is -1.30. The SMILES string of the molecule is Cc1cc(C(F)(F)F)cc(N2C(=O)C[C@@H]3CN(C[C@H]4CCCCN4C)c4c(Cl)cccc4N(C)C(=O)[C@H]32)n1. The second kappa shape index (κ2) is 10.0. The molecule has 0 unspecified atom stereocenters. The summed E-state index contributed by atoms with van der Waals surface area (Å²) in [7, 11) is 3.72. The lowest BCUT2D eigenvalue weighted by Crippen LogP contribution is -2.54. The fraction of sp³-hybridized carbons (Fsp3) is 0.519. The molecule has 5 rings (SSSR count). The molecule has 3 aliphatic rings. The maximum absolute atomic E-state index is 13.9. The van der Waals surface area contributed by atoms with Crippen molar-refractivity contribution in [1.82, 2.24) is 9.88 Å². The van der Waals surface area contributed by atoms with Gasteiger partial charge >= 0.3 is 6.18 Å². The van der Waals surface area contributed by atoms with E-state index in [1.807, 2.05) is 6.07 Å². The van der Waals surface area contributed by atoms with Crippen LogP contribution in [0, 0.1) is 12.8 Å². The zero-order valence-corrected chi connectivity index (χ0v) is 22.4. The predicted molar refractivity (Wildman–Crippen MR) is 141 cm³/mol. The van der Waals surface area contributed by atoms with Gasteiger partial charge in [-0.05, 0) is 57.6 Å². The summed E-state index contributed by atoms with van der Waals surface area (Å²) in [4.78, 5) is 38.7. The number of pyridine rings is 1. The molecule has 0 N–H and O–H groups in total. The van der Waals surface area contributed by atoms with Crippen molar-refractivity contribution in [3.63, 3.8) is 0 Å². The van der Waals surface area contributed by atoms with Crippen LogP contribution in [0.5, 0.6) is 0 Å². The third-order valence-electron chi connectivity index (χ3n) is 7.98. The third kappa shape index (κ3) is 4.84. The van der Waals surface area contributed by atoms with Crippen LogP contribution in [0.25, 0.3) is 0 Å². The van der Waals surface area contributed by atoms with Gasteiger partial charge in [0.15, 0.2) is 0 Å². The zero-order chi connectivity index (χ0) is 27.4. The maximum atomic E-state index is 13.9. The first-order chi connectivity index (χ1) is 18.0. The van der Waals surface area contributed by atoms with Gasteiger partial charge in [0, 0.05) is 44.2 Å². The zero-order valence-electron chi connectivity index (χ0n) is 21.6. The molecule has 38 heavy (non-hydrogen) atoms. The van der Waals surface area contributed by atoms with Crippen LogP contribution < -0.4 is 14.7 Å². The van der Waals surface area contributed by atoms with Gasteiger partial charge in [-0.25, -0.2) is 4.98 Å². The predicted octanol–water partition coefficient (Wildman–Crippen LogP) is 4.75. The van der Waals surface area contributed by atoms with Crippen LogP contribution in [0.3, 0.4) is 0 Å². The number of piperidine rings is 1. The Labute approximate surface area is 225 Å². The molecule has 7 nitrogen and oxygen atoms in total. The Bertz CT molecular complexity index is 1260. The van der Waals surface area contributed by atoms with E-state index in [1.54, 1.807) is 19.2 Å². The number of rotatable bonds is 3. The van der Waals surface area contributed by atoms with Crippen LogP contribution in [0.4, 0.5) is 30.4 Å². The van der Waals surface area contributed by atoms with E-state index in [4.69, 9.17) is 11.6 Å². The number of para-hydroxylation sites is 1. The van der Waals surface area contributed by atoms with E-state index in [9.17, 15) is 22.8 Å². The lowest BCUT2D eigenvalue weighted by Gasteiger charge is -2.42. The summed E-state index contributed by atoms with van der Waals surface area (Å²) in [6, 6.07) is 6.45. The molecule has 2 fully saturated rings. The van der Waals surface area contributed by atoms with Gasteiger partial charge in [0.05, 0.1) is 22.0 Å². The number of hydrogen-bond acceptors (Lipinski definition) is 5. The molecule has 4 heterocycles. The number of benzene rings is 1. The van der Waals surface area contributed by atoms with E-state index in [2.05, 4.69) is 21.8 Å². The van der Waals surface area contributed by atoms with Crippen molar-refractivity contribution in [2.75, 3.05) is 48.4 Å². The van der Waals surface area contributed by atoms with E-state index in [1.165, 1.54) is 16.7 Å². The van der Waals surface area contributed by atoms with Crippen molar-refractivity contribution < 1.29 is 22.8 Å². The molecule has 3 aliphatic heterocycles. The molecule has 204 valence electrons. The lowest BCUT2D eigenvalue weighted by molar-refractivity contribution is -0.137. The van der Waals surface area contributed by atoms with E-state index < -0.39 is 29.6 Å². The number of aryl methyl sites for hydroxylation is 1. The van der Waals surface area contributed by atoms with Crippen molar-refractivity contribution in [3.05, 3.63) is 46.6 Å². The number of carbonyl (C=O) groups is 2. The van der Waals surface area contributed by atoms with Gasteiger partial charge in [0.2, 0.25) is 11.8 Å². The maximum Gasteiger partial charge on any atom is 0.416 e. The number of fused-ring (bicyclic) bond motifs is 2. The second-order valence-corrected chi connectivity index (χ2v) is 11.0. The van der Waals surface area contributed by atoms with E-state index in [0.29, 0.717) is 23.8 Å². The topological polar surface area (TPSA) is 60.0 Å². The molecule has 0 aliphatic carbocycles. The van der Waals surface area contributed by atoms with Crippen LogP contribution in [0.15, 0.2) is 30.3 Å². The van der Waals surface area contributed by atoms with Gasteiger partial charge in [-0.1, -0.05) is 24.1 Å². The molecule has 1 aromatic heterocycles. The fourth-order valence-corrected chi connectivity index (χ4v) is 6.35. The van der Waals surface area contributed by atoms with Gasteiger partial charge in [-0.3, -0.25) is 14.5 Å². The fourth-order valence-electron chi connectivity index (χ4n) is 6.06. The monoisotopic (exact) mass is 549 g/mol. The van der Waals surface area contributed by atoms with Crippen LogP contribution in [-0.2, 0) is 15.8 Å². The largest absolute Gasteiger partial charge is 0.416 e. The molecule has 0 spiro atoms. The molecule has 2 aromatic rings. The summed E-state index contributed by atoms with van der Waals surface area (Å²) in [6.45, 7) is 3.47. The number of aromatic nitrogens is 1. The number of carbonyl (C=O) groups excluding carboxylic acids is 2. The Morgan fingerprint density at radius 3 is 2.61 bits per heavy atom. The average molecular weight is 550 g/mol. The summed E-state index contributed by atoms with van der Waals surface area (Å²) in [5.41, 5.74) is 0.562. The van der Waals surface area contributed by atoms with Crippen LogP contribution in [-0.4, -0.2) is 67.5 Å². The molecule has 1 aromatic carbocycles. The number of likely N-dealkylation sites (N-methyl/N-ethyl adjacent to an activating group) is 2. The van der Waals surface area contributed by atoms with Crippen molar-refractivity contribution in [2.24, 2.45) is 5.92 Å². The quantitative estimate of drug-likeness (QED) is 0.553. The summed E-state index contributed by atoms with van der Waals surface area (Å²) >= 11 is 6.72. The van der Waals surface area contributed by atoms with E-state index in [0.717, 1.165) is 43.6 Å². The smallest absolute Gasteiger partial charge is 0.367 e. The van der Waals surface area contributed by atoms with Crippen molar-refractivity contribution in [3.8, 4) is 0 Å². The highest BCUT2D eigenvalue weighted by molar-refractivity contribution is 6.34. The first-order valence-corrected chi connectivity index (χ1v) is 13.2. The number of amides is 2. The molecule has 2 amide bonds. The lowest BCUT2D eigenvalue weighted by atomic mass is 9.94. The molecule has 0 saturated carbocycles. The van der Waals surface area contributed by atoms with Crippen molar-refractivity contribution in [2.45, 2.75) is 50.9 Å². The Balaban J connectivity index is 1.58. The van der Waals surface area contributed by atoms with Crippen molar-refractivity contribution >= 4 is 40.6 Å². The van der Waals surface area contributed by atoms with Gasteiger partial charge in [-0.2, -0.15) is 13.2 Å². The minimum Gasteiger partial charge on any atom is -0.367 e.